The molecule has 2 amide bonds. The van der Waals surface area contributed by atoms with Crippen molar-refractivity contribution in [2.75, 3.05) is 19.3 Å². The van der Waals surface area contributed by atoms with Crippen molar-refractivity contribution in [1.29, 1.82) is 0 Å². The number of H-pyrrole nitrogens is 2. The zero-order valence-electron chi connectivity index (χ0n) is 20.4. The normalized spacial score (nSPS) is 12.4. The first-order valence-electron chi connectivity index (χ1n) is 11.7. The van der Waals surface area contributed by atoms with E-state index in [2.05, 4.69) is 51.9 Å². The number of hydrogen-bond donors (Lipinski definition) is 5. The summed E-state index contributed by atoms with van der Waals surface area (Å²) in [6.45, 7) is 2.08. The van der Waals surface area contributed by atoms with Crippen molar-refractivity contribution in [2.24, 2.45) is 0 Å². The van der Waals surface area contributed by atoms with Crippen LogP contribution >= 0.6 is 0 Å². The minimum Gasteiger partial charge on any atom is -0.356 e. The van der Waals surface area contributed by atoms with Gasteiger partial charge in [0.1, 0.15) is 5.78 Å². The zero-order chi connectivity index (χ0) is 26.4. The lowest BCUT2D eigenvalue weighted by Gasteiger charge is -2.12. The van der Waals surface area contributed by atoms with Gasteiger partial charge in [-0.2, -0.15) is 0 Å². The van der Waals surface area contributed by atoms with E-state index in [1.54, 1.807) is 14.0 Å². The van der Waals surface area contributed by atoms with E-state index >= 15 is 0 Å². The van der Waals surface area contributed by atoms with Crippen molar-refractivity contribution in [3.05, 3.63) is 11.6 Å². The fraction of sp³-hybridized carbons (Fsp3) is 0.737. The number of nitrogens with zero attached hydrogens (tertiary/aromatic N) is 6. The van der Waals surface area contributed by atoms with Crippen molar-refractivity contribution in [3.63, 3.8) is 0 Å². The van der Waals surface area contributed by atoms with Gasteiger partial charge < -0.3 is 10.6 Å². The molecular weight excluding hydrogens is 494 g/mol. The summed E-state index contributed by atoms with van der Waals surface area (Å²) in [5.41, 5.74) is 0. The fourth-order valence-corrected chi connectivity index (χ4v) is 4.61. The number of aromatic amines is 2. The van der Waals surface area contributed by atoms with E-state index in [4.69, 9.17) is 0 Å². The highest BCUT2D eigenvalue weighted by Crippen LogP contribution is 2.20. The minimum atomic E-state index is -3.85. The van der Waals surface area contributed by atoms with Crippen LogP contribution < -0.4 is 15.4 Å². The number of hydrogen-bond acceptors (Lipinski definition) is 12. The first-order chi connectivity index (χ1) is 17.2. The second-order valence-corrected chi connectivity index (χ2v) is 10.1. The average Bonchev–Trinajstić information content (AvgIpc) is 3.54. The van der Waals surface area contributed by atoms with Gasteiger partial charge in [0.05, 0.1) is 17.7 Å². The van der Waals surface area contributed by atoms with Gasteiger partial charge in [0.25, 0.3) is 0 Å². The fourth-order valence-electron chi connectivity index (χ4n) is 3.50. The molecule has 2 heterocycles. The molecule has 0 aliphatic rings. The molecule has 5 N–H and O–H groups in total. The smallest absolute Gasteiger partial charge is 0.234 e. The molecule has 0 saturated heterocycles. The molecule has 0 aromatic carbocycles. The van der Waals surface area contributed by atoms with Crippen molar-refractivity contribution < 1.29 is 22.8 Å². The molecule has 2 aromatic rings. The summed E-state index contributed by atoms with van der Waals surface area (Å²) in [7, 11) is -2.10. The molecular formula is C19H33N11O5S. The van der Waals surface area contributed by atoms with Crippen LogP contribution in [0, 0.1) is 0 Å². The number of nitrogens with one attached hydrogen (secondary N) is 5. The van der Waals surface area contributed by atoms with Gasteiger partial charge >= 0.3 is 0 Å². The summed E-state index contributed by atoms with van der Waals surface area (Å²) in [5.74, 6) is -1.37. The molecule has 17 heteroatoms. The van der Waals surface area contributed by atoms with Crippen LogP contribution in [0.25, 0.3) is 0 Å². The van der Waals surface area contributed by atoms with Crippen molar-refractivity contribution >= 4 is 27.6 Å². The molecule has 36 heavy (non-hydrogen) atoms. The average molecular weight is 528 g/mol. The molecule has 0 fully saturated rings. The molecule has 0 radical (unpaired) electrons. The zero-order valence-corrected chi connectivity index (χ0v) is 21.2. The van der Waals surface area contributed by atoms with Crippen LogP contribution in [0.4, 0.5) is 0 Å². The Bertz CT molecular complexity index is 1010. The highest BCUT2D eigenvalue weighted by atomic mass is 32.2. The van der Waals surface area contributed by atoms with E-state index in [-0.39, 0.29) is 48.0 Å². The Hall–Kier alpha value is -3.34. The van der Waals surface area contributed by atoms with E-state index in [0.717, 1.165) is 19.3 Å². The summed E-state index contributed by atoms with van der Waals surface area (Å²) in [6, 6.07) is -0.153. The standard InChI is InChI=1S/C19H33N11O5S/c1-13(31)15(20-2)8-5-6-10-21-16(32)9-4-3-7-11-36(34,35)26-17(33)12-14(18-22-27-28-23-18)19-24-29-30-25-19/h14-15,20H,3-12H2,1-2H3,(H,21,32)(H,26,33)(H,22,23,27,28)(H,24,25,29,30)/t15-/m0/s1. The predicted octanol–water partition coefficient (Wildman–Crippen LogP) is -1.30. The van der Waals surface area contributed by atoms with Crippen LogP contribution in [0.5, 0.6) is 0 Å². The third kappa shape index (κ3) is 10.5. The van der Waals surface area contributed by atoms with Gasteiger partial charge in [-0.15, -0.1) is 10.2 Å². The molecule has 0 saturated carbocycles. The van der Waals surface area contributed by atoms with Gasteiger partial charge in [-0.05, 0) is 66.9 Å². The molecule has 2 rings (SSSR count). The molecule has 2 aromatic heterocycles. The van der Waals surface area contributed by atoms with Crippen molar-refractivity contribution in [3.8, 4) is 0 Å². The van der Waals surface area contributed by atoms with E-state index in [9.17, 15) is 22.8 Å². The Labute approximate surface area is 208 Å². The largest absolute Gasteiger partial charge is 0.356 e. The molecule has 0 spiro atoms. The number of likely N-dealkylation sites (N-methyl/N-ethyl adjacent to an activating group) is 1. The number of unbranched alkanes of at least 4 members (excludes halogenated alkanes) is 3. The van der Waals surface area contributed by atoms with Crippen molar-refractivity contribution in [2.45, 2.75) is 70.3 Å². The quantitative estimate of drug-likeness (QED) is 0.142. The van der Waals surface area contributed by atoms with E-state index < -0.39 is 21.8 Å². The van der Waals surface area contributed by atoms with Crippen LogP contribution in [0.1, 0.15) is 75.9 Å². The molecule has 0 aliphatic carbocycles. The number of carbonyl (C=O) groups is 3. The molecule has 1 atom stereocenters. The maximum Gasteiger partial charge on any atom is 0.234 e. The van der Waals surface area contributed by atoms with Crippen LogP contribution in [-0.4, -0.2) is 92.7 Å². The van der Waals surface area contributed by atoms with Gasteiger partial charge in [0.15, 0.2) is 11.6 Å². The number of Topliss-reactive ketones (excluding diaryl/α,β-unsaturated/α-hetero) is 1. The monoisotopic (exact) mass is 527 g/mol. The summed E-state index contributed by atoms with van der Waals surface area (Å²) < 4.78 is 26.6. The van der Waals surface area contributed by atoms with Gasteiger partial charge in [-0.3, -0.25) is 19.1 Å². The third-order valence-corrected chi connectivity index (χ3v) is 6.81. The van der Waals surface area contributed by atoms with Crippen LogP contribution in [0.2, 0.25) is 0 Å². The molecule has 0 bridgehead atoms. The van der Waals surface area contributed by atoms with Crippen LogP contribution in [-0.2, 0) is 24.4 Å². The molecule has 0 unspecified atom stereocenters. The lowest BCUT2D eigenvalue weighted by atomic mass is 10.0. The molecule has 200 valence electrons. The maximum atomic E-state index is 12.3. The summed E-state index contributed by atoms with van der Waals surface area (Å²) in [6.07, 6.45) is 3.65. The Kier molecular flexibility index (Phi) is 12.0. The maximum absolute atomic E-state index is 12.3. The predicted molar refractivity (Wildman–Crippen MR) is 126 cm³/mol. The first-order valence-corrected chi connectivity index (χ1v) is 13.3. The number of rotatable bonds is 18. The SMILES string of the molecule is CN[C@@H](CCCCNC(=O)CCCCCS(=O)(=O)NC(=O)CC(c1nnn[nH]1)c1nnn[nH]1)C(C)=O. The number of tetrazole rings is 2. The van der Waals surface area contributed by atoms with Gasteiger partial charge in [-0.25, -0.2) is 18.6 Å². The Morgan fingerprint density at radius 3 is 2.14 bits per heavy atom. The number of carbonyl (C=O) groups excluding carboxylic acids is 3. The first kappa shape index (κ1) is 28.9. The van der Waals surface area contributed by atoms with Crippen LogP contribution in [0.15, 0.2) is 0 Å². The summed E-state index contributed by atoms with van der Waals surface area (Å²) in [5, 5.41) is 32.1. The van der Waals surface area contributed by atoms with Gasteiger partial charge in [0, 0.05) is 19.4 Å². The van der Waals surface area contributed by atoms with Crippen LogP contribution in [0.3, 0.4) is 0 Å². The van der Waals surface area contributed by atoms with Gasteiger partial charge in [-0.1, -0.05) is 6.42 Å². The Morgan fingerprint density at radius 2 is 1.58 bits per heavy atom. The highest BCUT2D eigenvalue weighted by molar-refractivity contribution is 7.90. The number of sulfonamides is 1. The number of amides is 2. The second-order valence-electron chi connectivity index (χ2n) is 8.28. The van der Waals surface area contributed by atoms with Crippen molar-refractivity contribution in [1.82, 2.24) is 56.6 Å². The number of ketones is 1. The van der Waals surface area contributed by atoms with E-state index in [1.165, 1.54) is 0 Å². The summed E-state index contributed by atoms with van der Waals surface area (Å²) >= 11 is 0. The molecule has 0 aliphatic heterocycles. The lowest BCUT2D eigenvalue weighted by Crippen LogP contribution is -2.33. The summed E-state index contributed by atoms with van der Waals surface area (Å²) in [4.78, 5) is 35.6. The van der Waals surface area contributed by atoms with Gasteiger partial charge in [0.2, 0.25) is 21.8 Å². The third-order valence-electron chi connectivity index (χ3n) is 5.44. The molecule has 16 nitrogen and oxygen atoms in total. The Morgan fingerprint density at radius 1 is 0.917 bits per heavy atom. The van der Waals surface area contributed by atoms with E-state index in [1.807, 2.05) is 4.72 Å². The lowest BCUT2D eigenvalue weighted by molar-refractivity contribution is -0.121. The second kappa shape index (κ2) is 14.9. The topological polar surface area (TPSA) is 230 Å². The number of aromatic nitrogens is 8. The highest BCUT2D eigenvalue weighted by Gasteiger charge is 2.26. The van der Waals surface area contributed by atoms with E-state index in [0.29, 0.717) is 25.8 Å². The Balaban J connectivity index is 1.61. The minimum absolute atomic E-state index is 0.0975.